The van der Waals surface area contributed by atoms with Crippen LogP contribution in [0.1, 0.15) is 105 Å². The Hall–Kier alpha value is -0.530. The molecule has 4 aliphatic carbocycles. The van der Waals surface area contributed by atoms with E-state index in [1.807, 2.05) is 0 Å². The summed E-state index contributed by atoms with van der Waals surface area (Å²) in [6.45, 7) is 9.65. The van der Waals surface area contributed by atoms with Crippen molar-refractivity contribution in [1.29, 1.82) is 0 Å². The van der Waals surface area contributed by atoms with Crippen LogP contribution in [-0.4, -0.2) is 12.1 Å². The van der Waals surface area contributed by atoms with Crippen LogP contribution in [0.15, 0.2) is 0 Å². The van der Waals surface area contributed by atoms with Crippen molar-refractivity contribution in [2.45, 2.75) is 111 Å². The lowest BCUT2D eigenvalue weighted by molar-refractivity contribution is -0.183. The summed E-state index contributed by atoms with van der Waals surface area (Å²) in [4.78, 5) is 13.4. The molecular weight excluding hydrogens is 332 g/mol. The first kappa shape index (κ1) is 19.8. The average molecular weight is 375 g/mol. The van der Waals surface area contributed by atoms with Crippen molar-refractivity contribution in [2.24, 2.45) is 40.4 Å². The number of carbonyl (C=O) groups is 1. The summed E-state index contributed by atoms with van der Waals surface area (Å²) in [6.07, 6.45) is 15.3. The highest BCUT2D eigenvalue weighted by molar-refractivity contribution is 5.77. The van der Waals surface area contributed by atoms with Crippen molar-refractivity contribution in [3.8, 4) is 0 Å². The second-order valence-electron chi connectivity index (χ2n) is 11.4. The normalized spacial score (nSPS) is 45.4. The molecule has 0 aliphatic heterocycles. The Kier molecular flexibility index (Phi) is 5.40. The number of carbonyl (C=O) groups excluding carboxylic acids is 1. The zero-order valence-corrected chi connectivity index (χ0v) is 18.3. The molecule has 4 rings (SSSR count). The number of ether oxygens (including phenoxy) is 1. The van der Waals surface area contributed by atoms with E-state index in [2.05, 4.69) is 27.7 Å². The van der Waals surface area contributed by atoms with Crippen LogP contribution in [0.25, 0.3) is 0 Å². The Bertz CT molecular complexity index is 549. The highest BCUT2D eigenvalue weighted by Gasteiger charge is 2.59. The first-order chi connectivity index (χ1) is 12.8. The zero-order valence-electron chi connectivity index (χ0n) is 18.3. The van der Waals surface area contributed by atoms with E-state index in [1.165, 1.54) is 57.8 Å². The lowest BCUT2D eigenvalue weighted by atomic mass is 9.43. The Morgan fingerprint density at radius 1 is 0.926 bits per heavy atom. The van der Waals surface area contributed by atoms with E-state index < -0.39 is 0 Å². The van der Waals surface area contributed by atoms with Gasteiger partial charge in [0.25, 0.3) is 0 Å². The summed E-state index contributed by atoms with van der Waals surface area (Å²) in [6, 6.07) is 0. The minimum atomic E-state index is -0.241. The van der Waals surface area contributed by atoms with E-state index in [0.29, 0.717) is 11.3 Å². The third kappa shape index (κ3) is 3.38. The van der Waals surface area contributed by atoms with Crippen molar-refractivity contribution in [2.75, 3.05) is 0 Å². The molecular formula is C25H42O2. The molecule has 0 amide bonds. The SMILES string of the molecule is CC(C)C1CC[C@@H]2C(CCC3[C@]2(C)CCC[C@]3(C)C(=O)OC2CCCC2)C1. The van der Waals surface area contributed by atoms with E-state index in [4.69, 9.17) is 4.74 Å². The smallest absolute Gasteiger partial charge is 0.312 e. The summed E-state index contributed by atoms with van der Waals surface area (Å²) in [7, 11) is 0. The molecule has 0 saturated heterocycles. The molecule has 154 valence electrons. The molecule has 27 heavy (non-hydrogen) atoms. The Balaban J connectivity index is 1.52. The van der Waals surface area contributed by atoms with Gasteiger partial charge in [0.2, 0.25) is 0 Å². The Morgan fingerprint density at radius 2 is 1.67 bits per heavy atom. The molecule has 0 aromatic heterocycles. The molecule has 4 aliphatic rings. The highest BCUT2D eigenvalue weighted by Crippen LogP contribution is 2.64. The van der Waals surface area contributed by atoms with Gasteiger partial charge in [-0.2, -0.15) is 0 Å². The van der Waals surface area contributed by atoms with Gasteiger partial charge in [-0.15, -0.1) is 0 Å². The molecule has 0 spiro atoms. The predicted octanol–water partition coefficient (Wildman–Crippen LogP) is 6.77. The van der Waals surface area contributed by atoms with Gasteiger partial charge in [0.15, 0.2) is 0 Å². The molecule has 0 aromatic carbocycles. The molecule has 4 fully saturated rings. The van der Waals surface area contributed by atoms with E-state index >= 15 is 0 Å². The fraction of sp³-hybridized carbons (Fsp3) is 0.960. The second kappa shape index (κ2) is 7.38. The maximum atomic E-state index is 13.4. The lowest BCUT2D eigenvalue weighted by Crippen LogP contribution is -2.56. The van der Waals surface area contributed by atoms with Crippen molar-refractivity contribution in [3.63, 3.8) is 0 Å². The van der Waals surface area contributed by atoms with Crippen LogP contribution in [0.2, 0.25) is 0 Å². The number of hydrogen-bond donors (Lipinski definition) is 0. The maximum absolute atomic E-state index is 13.4. The first-order valence-electron chi connectivity index (χ1n) is 12.1. The van der Waals surface area contributed by atoms with Gasteiger partial charge in [0.05, 0.1) is 5.41 Å². The molecule has 0 bridgehead atoms. The van der Waals surface area contributed by atoms with Crippen LogP contribution in [0.3, 0.4) is 0 Å². The highest BCUT2D eigenvalue weighted by atomic mass is 16.5. The molecule has 3 unspecified atom stereocenters. The first-order valence-corrected chi connectivity index (χ1v) is 12.1. The summed E-state index contributed by atoms with van der Waals surface area (Å²) in [5, 5.41) is 0. The van der Waals surface area contributed by atoms with Gasteiger partial charge < -0.3 is 4.74 Å². The number of rotatable bonds is 3. The number of esters is 1. The van der Waals surface area contributed by atoms with Crippen LogP contribution in [0.4, 0.5) is 0 Å². The topological polar surface area (TPSA) is 26.3 Å². The van der Waals surface area contributed by atoms with Crippen LogP contribution < -0.4 is 0 Å². The molecule has 4 saturated carbocycles. The largest absolute Gasteiger partial charge is 0.462 e. The molecule has 2 nitrogen and oxygen atoms in total. The van der Waals surface area contributed by atoms with Crippen LogP contribution >= 0.6 is 0 Å². The van der Waals surface area contributed by atoms with Crippen LogP contribution in [-0.2, 0) is 9.53 Å². The third-order valence-corrected chi connectivity index (χ3v) is 9.66. The van der Waals surface area contributed by atoms with E-state index in [1.54, 1.807) is 0 Å². The van der Waals surface area contributed by atoms with Crippen molar-refractivity contribution < 1.29 is 9.53 Å². The predicted molar refractivity (Wildman–Crippen MR) is 110 cm³/mol. The molecule has 2 heteroatoms. The van der Waals surface area contributed by atoms with E-state index in [9.17, 15) is 4.79 Å². The third-order valence-electron chi connectivity index (χ3n) is 9.66. The van der Waals surface area contributed by atoms with Gasteiger partial charge in [-0.25, -0.2) is 0 Å². The molecule has 6 atom stereocenters. The fourth-order valence-electron chi connectivity index (χ4n) is 8.02. The van der Waals surface area contributed by atoms with Gasteiger partial charge in [-0.05, 0) is 113 Å². The molecule has 0 heterocycles. The second-order valence-corrected chi connectivity index (χ2v) is 11.4. The van der Waals surface area contributed by atoms with Crippen molar-refractivity contribution >= 4 is 5.97 Å². The summed E-state index contributed by atoms with van der Waals surface area (Å²) in [5.41, 5.74) is 0.113. The number of hydrogen-bond acceptors (Lipinski definition) is 2. The average Bonchev–Trinajstić information content (AvgIpc) is 3.14. The van der Waals surface area contributed by atoms with Crippen molar-refractivity contribution in [1.82, 2.24) is 0 Å². The van der Waals surface area contributed by atoms with Crippen LogP contribution in [0, 0.1) is 40.4 Å². The van der Waals surface area contributed by atoms with Crippen molar-refractivity contribution in [3.05, 3.63) is 0 Å². The molecule has 0 N–H and O–H groups in total. The molecule has 0 radical (unpaired) electrons. The lowest BCUT2D eigenvalue weighted by Gasteiger charge is -2.61. The quantitative estimate of drug-likeness (QED) is 0.510. The zero-order chi connectivity index (χ0) is 19.2. The van der Waals surface area contributed by atoms with Gasteiger partial charge >= 0.3 is 5.97 Å². The van der Waals surface area contributed by atoms with Gasteiger partial charge in [-0.3, -0.25) is 4.79 Å². The maximum Gasteiger partial charge on any atom is 0.312 e. The fourth-order valence-corrected chi connectivity index (χ4v) is 8.02. The summed E-state index contributed by atoms with van der Waals surface area (Å²) in [5.74, 6) is 4.18. The molecule has 0 aromatic rings. The summed E-state index contributed by atoms with van der Waals surface area (Å²) >= 11 is 0. The summed E-state index contributed by atoms with van der Waals surface area (Å²) < 4.78 is 6.09. The standard InChI is InChI=1S/C25H42O2/c1-17(2)18-10-12-21-19(16-18)11-13-22-24(21,3)14-7-15-25(22,4)23(26)27-20-8-5-6-9-20/h17-22H,5-16H2,1-4H3/t18?,19?,21-,22?,24-,25+/m1/s1. The van der Waals surface area contributed by atoms with E-state index in [-0.39, 0.29) is 17.5 Å². The van der Waals surface area contributed by atoms with E-state index in [0.717, 1.165) is 42.9 Å². The van der Waals surface area contributed by atoms with Crippen LogP contribution in [0.5, 0.6) is 0 Å². The monoisotopic (exact) mass is 374 g/mol. The Morgan fingerprint density at radius 3 is 2.37 bits per heavy atom. The Labute approximate surface area is 167 Å². The number of fused-ring (bicyclic) bond motifs is 3. The van der Waals surface area contributed by atoms with Gasteiger partial charge in [-0.1, -0.05) is 27.2 Å². The van der Waals surface area contributed by atoms with Gasteiger partial charge in [0, 0.05) is 0 Å². The van der Waals surface area contributed by atoms with Gasteiger partial charge in [0.1, 0.15) is 6.10 Å². The minimum Gasteiger partial charge on any atom is -0.462 e. The minimum absolute atomic E-state index is 0.152.